The number of anilines is 2. The van der Waals surface area contributed by atoms with Crippen molar-refractivity contribution in [1.82, 2.24) is 9.78 Å². The van der Waals surface area contributed by atoms with Gasteiger partial charge in [0, 0.05) is 23.8 Å². The SMILES string of the molecule is COc1ccc(OC)c(NC2=Nc3ccccc3N3C2=Nc2c(c(C)nn2-c2ccccc2)[C@@H]3c2cccc([N+](=O)[O-])c2)c1. The highest BCUT2D eigenvalue weighted by molar-refractivity contribution is 6.51. The lowest BCUT2D eigenvalue weighted by atomic mass is 9.93. The van der Waals surface area contributed by atoms with Gasteiger partial charge in [-0.1, -0.05) is 42.5 Å². The average molecular weight is 586 g/mol. The number of nitrogens with one attached hydrogen (secondary N) is 1. The molecule has 5 aromatic rings. The highest BCUT2D eigenvalue weighted by atomic mass is 16.6. The molecule has 1 atom stereocenters. The molecule has 0 unspecified atom stereocenters. The van der Waals surface area contributed by atoms with Gasteiger partial charge in [-0.2, -0.15) is 5.10 Å². The molecule has 218 valence electrons. The lowest BCUT2D eigenvalue weighted by Gasteiger charge is -2.40. The van der Waals surface area contributed by atoms with Crippen LogP contribution in [0.15, 0.2) is 107 Å². The highest BCUT2D eigenvalue weighted by Gasteiger charge is 2.42. The molecule has 0 bridgehead atoms. The number of rotatable bonds is 6. The number of aryl methyl sites for hydroxylation is 1. The molecule has 0 radical (unpaired) electrons. The van der Waals surface area contributed by atoms with E-state index in [9.17, 15) is 10.1 Å². The van der Waals surface area contributed by atoms with E-state index < -0.39 is 6.04 Å². The van der Waals surface area contributed by atoms with Gasteiger partial charge >= 0.3 is 0 Å². The number of amidine groups is 2. The summed E-state index contributed by atoms with van der Waals surface area (Å²) in [6, 6.07) is 29.2. The van der Waals surface area contributed by atoms with Crippen LogP contribution in [0.2, 0.25) is 0 Å². The minimum atomic E-state index is -0.504. The number of para-hydroxylation sites is 3. The first kappa shape index (κ1) is 26.9. The number of benzene rings is 4. The first-order chi connectivity index (χ1) is 21.5. The van der Waals surface area contributed by atoms with Crippen LogP contribution in [-0.4, -0.2) is 40.6 Å². The molecule has 0 saturated heterocycles. The Morgan fingerprint density at radius 2 is 1.68 bits per heavy atom. The number of nitro groups is 1. The molecule has 0 fully saturated rings. The van der Waals surface area contributed by atoms with Crippen molar-refractivity contribution in [3.63, 3.8) is 0 Å². The standard InChI is InChI=1S/C33H27N7O4/c1-20-29-30(21-10-9-13-23(18-21)40(41)42)38-27-15-8-7-14-25(27)34-31(35-26-19-24(43-2)16-17-28(26)44-3)33(38)36-32(29)39(37-20)22-11-5-4-6-12-22/h4-19,30H,1-3H3,(H,34,35)/t30-/m0/s1. The summed E-state index contributed by atoms with van der Waals surface area (Å²) in [4.78, 5) is 23.8. The molecule has 3 heterocycles. The van der Waals surface area contributed by atoms with E-state index >= 15 is 0 Å². The molecule has 1 N–H and O–H groups in total. The average Bonchev–Trinajstić information content (AvgIpc) is 3.39. The molecule has 2 aliphatic rings. The van der Waals surface area contributed by atoms with Gasteiger partial charge < -0.3 is 19.7 Å². The number of aromatic nitrogens is 2. The maximum atomic E-state index is 11.9. The van der Waals surface area contributed by atoms with Crippen LogP contribution in [0.25, 0.3) is 5.69 Å². The van der Waals surface area contributed by atoms with Crippen molar-refractivity contribution < 1.29 is 14.4 Å². The molecule has 0 amide bonds. The summed E-state index contributed by atoms with van der Waals surface area (Å²) in [5.74, 6) is 2.84. The van der Waals surface area contributed by atoms with Gasteiger partial charge in [0.05, 0.1) is 53.6 Å². The number of hydrogen-bond donors (Lipinski definition) is 1. The summed E-state index contributed by atoms with van der Waals surface area (Å²) in [6.45, 7) is 1.94. The molecule has 0 saturated carbocycles. The molecule has 44 heavy (non-hydrogen) atoms. The van der Waals surface area contributed by atoms with Gasteiger partial charge in [-0.3, -0.25) is 10.1 Å². The number of non-ortho nitro benzene ring substituents is 1. The lowest BCUT2D eigenvalue weighted by molar-refractivity contribution is -0.384. The smallest absolute Gasteiger partial charge is 0.269 e. The van der Waals surface area contributed by atoms with Crippen molar-refractivity contribution in [2.45, 2.75) is 13.0 Å². The van der Waals surface area contributed by atoms with Crippen molar-refractivity contribution in [3.8, 4) is 17.2 Å². The minimum absolute atomic E-state index is 0.000330. The highest BCUT2D eigenvalue weighted by Crippen LogP contribution is 2.48. The second-order valence-corrected chi connectivity index (χ2v) is 10.3. The van der Waals surface area contributed by atoms with Crippen LogP contribution < -0.4 is 19.7 Å². The van der Waals surface area contributed by atoms with E-state index in [0.29, 0.717) is 40.4 Å². The molecule has 7 rings (SSSR count). The zero-order chi connectivity index (χ0) is 30.4. The Bertz CT molecular complexity index is 1980. The van der Waals surface area contributed by atoms with Gasteiger partial charge in [0.15, 0.2) is 17.5 Å². The third kappa shape index (κ3) is 4.42. The van der Waals surface area contributed by atoms with E-state index in [4.69, 9.17) is 24.6 Å². The summed E-state index contributed by atoms with van der Waals surface area (Å²) in [5, 5.41) is 20.3. The fraction of sp³-hybridized carbons (Fsp3) is 0.121. The molecule has 0 aliphatic carbocycles. The normalized spacial score (nSPS) is 14.9. The number of nitro benzene ring substituents is 1. The Morgan fingerprint density at radius 1 is 0.886 bits per heavy atom. The predicted molar refractivity (Wildman–Crippen MR) is 170 cm³/mol. The van der Waals surface area contributed by atoms with Crippen LogP contribution in [0.4, 0.5) is 28.6 Å². The second-order valence-electron chi connectivity index (χ2n) is 10.3. The zero-order valence-electron chi connectivity index (χ0n) is 24.1. The van der Waals surface area contributed by atoms with Crippen LogP contribution in [0.3, 0.4) is 0 Å². The number of nitrogens with zero attached hydrogens (tertiary/aromatic N) is 6. The van der Waals surface area contributed by atoms with Crippen LogP contribution in [-0.2, 0) is 0 Å². The topological polar surface area (TPSA) is 119 Å². The van der Waals surface area contributed by atoms with E-state index in [2.05, 4.69) is 10.2 Å². The maximum absolute atomic E-state index is 11.9. The predicted octanol–water partition coefficient (Wildman–Crippen LogP) is 6.90. The van der Waals surface area contributed by atoms with Crippen LogP contribution in [0, 0.1) is 17.0 Å². The van der Waals surface area contributed by atoms with Crippen molar-refractivity contribution in [3.05, 3.63) is 124 Å². The third-order valence-corrected chi connectivity index (χ3v) is 7.70. The van der Waals surface area contributed by atoms with Crippen LogP contribution in [0.1, 0.15) is 22.9 Å². The quantitative estimate of drug-likeness (QED) is 0.170. The summed E-state index contributed by atoms with van der Waals surface area (Å²) in [7, 11) is 3.20. The lowest BCUT2D eigenvalue weighted by Crippen LogP contribution is -2.46. The monoisotopic (exact) mass is 585 g/mol. The molecular formula is C33H27N7O4. The first-order valence-electron chi connectivity index (χ1n) is 13.9. The molecule has 0 spiro atoms. The maximum Gasteiger partial charge on any atom is 0.269 e. The molecule has 4 aromatic carbocycles. The van der Waals surface area contributed by atoms with Crippen LogP contribution in [0.5, 0.6) is 11.5 Å². The van der Waals surface area contributed by atoms with E-state index in [1.807, 2.05) is 90.5 Å². The summed E-state index contributed by atoms with van der Waals surface area (Å²) >= 11 is 0. The largest absolute Gasteiger partial charge is 0.497 e. The van der Waals surface area contributed by atoms with Gasteiger partial charge in [-0.05, 0) is 48.9 Å². The second kappa shape index (κ2) is 10.7. The molecular weight excluding hydrogens is 558 g/mol. The number of ether oxygens (including phenoxy) is 2. The van der Waals surface area contributed by atoms with Crippen molar-refractivity contribution in [2.24, 2.45) is 9.98 Å². The van der Waals surface area contributed by atoms with Crippen molar-refractivity contribution >= 4 is 40.2 Å². The molecule has 2 aliphatic heterocycles. The number of methoxy groups -OCH3 is 2. The Morgan fingerprint density at radius 3 is 2.45 bits per heavy atom. The van der Waals surface area contributed by atoms with Gasteiger partial charge in [-0.15, -0.1) is 0 Å². The molecule has 1 aromatic heterocycles. The Hall–Kier alpha value is -5.97. The van der Waals surface area contributed by atoms with Crippen molar-refractivity contribution in [2.75, 3.05) is 24.4 Å². The van der Waals surface area contributed by atoms with Gasteiger partial charge in [0.25, 0.3) is 5.69 Å². The summed E-state index contributed by atoms with van der Waals surface area (Å²) < 4.78 is 12.9. The van der Waals surface area contributed by atoms with E-state index in [-0.39, 0.29) is 10.6 Å². The number of aliphatic imine (C=N–C) groups is 2. The number of hydrogen-bond acceptors (Lipinski definition) is 9. The van der Waals surface area contributed by atoms with E-state index in [1.54, 1.807) is 26.4 Å². The fourth-order valence-electron chi connectivity index (χ4n) is 5.71. The van der Waals surface area contributed by atoms with Gasteiger partial charge in [0.2, 0.25) is 0 Å². The minimum Gasteiger partial charge on any atom is -0.497 e. The third-order valence-electron chi connectivity index (χ3n) is 7.70. The number of fused-ring (bicyclic) bond motifs is 4. The Balaban J connectivity index is 1.50. The zero-order valence-corrected chi connectivity index (χ0v) is 24.1. The molecule has 11 nitrogen and oxygen atoms in total. The summed E-state index contributed by atoms with van der Waals surface area (Å²) in [6.07, 6.45) is 0. The van der Waals surface area contributed by atoms with Crippen LogP contribution >= 0.6 is 0 Å². The Labute approximate surface area is 252 Å². The van der Waals surface area contributed by atoms with Crippen molar-refractivity contribution in [1.29, 1.82) is 0 Å². The van der Waals surface area contributed by atoms with E-state index in [0.717, 1.165) is 28.2 Å². The Kier molecular flexibility index (Phi) is 6.54. The van der Waals surface area contributed by atoms with E-state index in [1.165, 1.54) is 6.07 Å². The summed E-state index contributed by atoms with van der Waals surface area (Å²) in [5.41, 5.74) is 5.31. The molecule has 11 heteroatoms. The van der Waals surface area contributed by atoms with Gasteiger partial charge in [-0.25, -0.2) is 14.7 Å². The fourth-order valence-corrected chi connectivity index (χ4v) is 5.71. The first-order valence-corrected chi connectivity index (χ1v) is 13.9. The van der Waals surface area contributed by atoms with Gasteiger partial charge in [0.1, 0.15) is 11.5 Å².